The molecule has 3 aromatic rings. The molecule has 6 heteroatoms. The second kappa shape index (κ2) is 7.51. The molecule has 0 aliphatic carbocycles. The van der Waals surface area contributed by atoms with Crippen LogP contribution in [0.1, 0.15) is 11.1 Å². The molecule has 4 nitrogen and oxygen atoms in total. The third-order valence-corrected chi connectivity index (χ3v) is 4.21. The van der Waals surface area contributed by atoms with Gasteiger partial charge in [0, 0.05) is 12.7 Å². The lowest BCUT2D eigenvalue weighted by atomic mass is 10.1. The number of aromatic nitrogens is 2. The zero-order chi connectivity index (χ0) is 16.9. The molecule has 3 rings (SSSR count). The van der Waals surface area contributed by atoms with E-state index in [9.17, 15) is 0 Å². The molecule has 24 heavy (non-hydrogen) atoms. The second-order valence-electron chi connectivity index (χ2n) is 5.27. The van der Waals surface area contributed by atoms with Gasteiger partial charge >= 0.3 is 0 Å². The van der Waals surface area contributed by atoms with Gasteiger partial charge in [0.15, 0.2) is 0 Å². The van der Waals surface area contributed by atoms with Crippen LogP contribution >= 0.6 is 23.2 Å². The van der Waals surface area contributed by atoms with Gasteiger partial charge in [-0.05, 0) is 36.2 Å². The Morgan fingerprint density at radius 1 is 0.958 bits per heavy atom. The summed E-state index contributed by atoms with van der Waals surface area (Å²) in [7, 11) is 0. The number of rotatable bonds is 5. The van der Waals surface area contributed by atoms with Crippen molar-refractivity contribution < 1.29 is 0 Å². The van der Waals surface area contributed by atoms with Crippen molar-refractivity contribution in [2.75, 3.05) is 10.6 Å². The predicted octanol–water partition coefficient (Wildman–Crippen LogP) is 5.45. The van der Waals surface area contributed by atoms with Crippen molar-refractivity contribution in [2.45, 2.75) is 13.5 Å². The van der Waals surface area contributed by atoms with Crippen molar-refractivity contribution in [1.29, 1.82) is 0 Å². The van der Waals surface area contributed by atoms with Crippen molar-refractivity contribution in [1.82, 2.24) is 9.97 Å². The molecule has 0 amide bonds. The molecule has 0 bridgehead atoms. The number of hydrogen-bond donors (Lipinski definition) is 2. The first-order valence-electron chi connectivity index (χ1n) is 7.46. The van der Waals surface area contributed by atoms with Crippen LogP contribution in [0.15, 0.2) is 54.7 Å². The van der Waals surface area contributed by atoms with Crippen molar-refractivity contribution in [3.8, 4) is 0 Å². The van der Waals surface area contributed by atoms with E-state index in [-0.39, 0.29) is 0 Å². The monoisotopic (exact) mass is 358 g/mol. The fourth-order valence-corrected chi connectivity index (χ4v) is 2.73. The van der Waals surface area contributed by atoms with E-state index in [0.29, 0.717) is 28.2 Å². The zero-order valence-corrected chi connectivity index (χ0v) is 14.6. The van der Waals surface area contributed by atoms with E-state index >= 15 is 0 Å². The summed E-state index contributed by atoms with van der Waals surface area (Å²) in [5.74, 6) is 1.15. The van der Waals surface area contributed by atoms with Crippen molar-refractivity contribution in [3.05, 3.63) is 75.9 Å². The van der Waals surface area contributed by atoms with Crippen LogP contribution in [0.4, 0.5) is 17.5 Å². The normalized spacial score (nSPS) is 10.5. The molecule has 0 spiro atoms. The van der Waals surface area contributed by atoms with E-state index in [1.165, 1.54) is 11.1 Å². The summed E-state index contributed by atoms with van der Waals surface area (Å²) in [6.07, 6.45) is 1.68. The van der Waals surface area contributed by atoms with Crippen molar-refractivity contribution in [2.24, 2.45) is 0 Å². The molecule has 0 radical (unpaired) electrons. The topological polar surface area (TPSA) is 49.8 Å². The van der Waals surface area contributed by atoms with E-state index in [1.54, 1.807) is 24.4 Å². The standard InChI is InChI=1S/C18H16Cl2N4/c1-12-5-2-3-6-13(12)11-22-16-9-10-21-18(23-16)24-17-14(19)7-4-8-15(17)20/h2-10H,11H2,1H3,(H2,21,22,23,24). The fourth-order valence-electron chi connectivity index (χ4n) is 2.24. The Kier molecular flexibility index (Phi) is 5.18. The highest BCUT2D eigenvalue weighted by molar-refractivity contribution is 6.39. The Hall–Kier alpha value is -2.30. The lowest BCUT2D eigenvalue weighted by molar-refractivity contribution is 1.07. The van der Waals surface area contributed by atoms with E-state index in [0.717, 1.165) is 5.82 Å². The molecule has 0 fully saturated rings. The molecular formula is C18H16Cl2N4. The third kappa shape index (κ3) is 3.96. The Morgan fingerprint density at radius 3 is 2.46 bits per heavy atom. The summed E-state index contributed by atoms with van der Waals surface area (Å²) in [4.78, 5) is 8.65. The first-order chi connectivity index (χ1) is 11.6. The van der Waals surface area contributed by atoms with Gasteiger partial charge in [0.2, 0.25) is 5.95 Å². The van der Waals surface area contributed by atoms with Crippen LogP contribution in [0.5, 0.6) is 0 Å². The predicted molar refractivity (Wildman–Crippen MR) is 100 cm³/mol. The lowest BCUT2D eigenvalue weighted by Gasteiger charge is -2.11. The molecule has 0 saturated heterocycles. The molecule has 0 saturated carbocycles. The maximum absolute atomic E-state index is 6.16. The van der Waals surface area contributed by atoms with Crippen LogP contribution < -0.4 is 10.6 Å². The summed E-state index contributed by atoms with van der Waals surface area (Å²) in [6.45, 7) is 2.78. The molecule has 0 aliphatic heterocycles. The van der Waals surface area contributed by atoms with Crippen LogP contribution in [0.2, 0.25) is 10.0 Å². The molecule has 2 N–H and O–H groups in total. The number of para-hydroxylation sites is 1. The molecule has 122 valence electrons. The third-order valence-electron chi connectivity index (χ3n) is 3.58. The van der Waals surface area contributed by atoms with Crippen LogP contribution in [0.3, 0.4) is 0 Å². The molecule has 0 unspecified atom stereocenters. The van der Waals surface area contributed by atoms with Gasteiger partial charge in [0.1, 0.15) is 5.82 Å². The molecular weight excluding hydrogens is 343 g/mol. The number of nitrogens with one attached hydrogen (secondary N) is 2. The van der Waals surface area contributed by atoms with Gasteiger partial charge in [0.25, 0.3) is 0 Å². The van der Waals surface area contributed by atoms with Crippen LogP contribution in [-0.2, 0) is 6.54 Å². The number of benzene rings is 2. The maximum atomic E-state index is 6.16. The van der Waals surface area contributed by atoms with Crippen molar-refractivity contribution in [3.63, 3.8) is 0 Å². The first kappa shape index (κ1) is 16.6. The summed E-state index contributed by atoms with van der Waals surface area (Å²) >= 11 is 12.3. The number of anilines is 3. The van der Waals surface area contributed by atoms with Crippen LogP contribution in [0, 0.1) is 6.92 Å². The fraction of sp³-hybridized carbons (Fsp3) is 0.111. The Balaban J connectivity index is 1.74. The van der Waals surface area contributed by atoms with E-state index < -0.39 is 0 Å². The van der Waals surface area contributed by atoms with Crippen molar-refractivity contribution >= 4 is 40.7 Å². The van der Waals surface area contributed by atoms with E-state index in [4.69, 9.17) is 23.2 Å². The summed E-state index contributed by atoms with van der Waals surface area (Å²) in [6, 6.07) is 15.4. The van der Waals surface area contributed by atoms with Gasteiger partial charge in [-0.2, -0.15) is 4.98 Å². The zero-order valence-electron chi connectivity index (χ0n) is 13.1. The summed E-state index contributed by atoms with van der Waals surface area (Å²) < 4.78 is 0. The average molecular weight is 359 g/mol. The number of hydrogen-bond acceptors (Lipinski definition) is 4. The maximum Gasteiger partial charge on any atom is 0.229 e. The van der Waals surface area contributed by atoms with Crippen LogP contribution in [-0.4, -0.2) is 9.97 Å². The SMILES string of the molecule is Cc1ccccc1CNc1ccnc(Nc2c(Cl)cccc2Cl)n1. The highest BCUT2D eigenvalue weighted by Gasteiger charge is 2.08. The van der Waals surface area contributed by atoms with Gasteiger partial charge in [-0.25, -0.2) is 4.98 Å². The number of aryl methyl sites for hydroxylation is 1. The molecule has 2 aromatic carbocycles. The smallest absolute Gasteiger partial charge is 0.229 e. The minimum absolute atomic E-state index is 0.430. The van der Waals surface area contributed by atoms with Gasteiger partial charge in [0.05, 0.1) is 15.7 Å². The Labute approximate surface area is 150 Å². The van der Waals surface area contributed by atoms with Gasteiger partial charge in [-0.3, -0.25) is 0 Å². The van der Waals surface area contributed by atoms with Crippen LogP contribution in [0.25, 0.3) is 0 Å². The highest BCUT2D eigenvalue weighted by atomic mass is 35.5. The largest absolute Gasteiger partial charge is 0.366 e. The quantitative estimate of drug-likeness (QED) is 0.636. The summed E-state index contributed by atoms with van der Waals surface area (Å²) in [5, 5.41) is 7.40. The van der Waals surface area contributed by atoms with Gasteiger partial charge in [-0.15, -0.1) is 0 Å². The molecule has 0 aliphatic rings. The number of nitrogens with zero attached hydrogens (tertiary/aromatic N) is 2. The van der Waals surface area contributed by atoms with E-state index in [1.807, 2.05) is 18.2 Å². The minimum Gasteiger partial charge on any atom is -0.366 e. The molecule has 1 heterocycles. The Morgan fingerprint density at radius 2 is 1.71 bits per heavy atom. The average Bonchev–Trinajstić information content (AvgIpc) is 2.58. The molecule has 0 atom stereocenters. The first-order valence-corrected chi connectivity index (χ1v) is 8.21. The Bertz CT molecular complexity index is 832. The minimum atomic E-state index is 0.430. The van der Waals surface area contributed by atoms with E-state index in [2.05, 4.69) is 39.7 Å². The second-order valence-corrected chi connectivity index (χ2v) is 6.08. The summed E-state index contributed by atoms with van der Waals surface area (Å²) in [5.41, 5.74) is 3.05. The molecule has 1 aromatic heterocycles. The van der Waals surface area contributed by atoms with Gasteiger partial charge < -0.3 is 10.6 Å². The highest BCUT2D eigenvalue weighted by Crippen LogP contribution is 2.31. The van der Waals surface area contributed by atoms with Gasteiger partial charge in [-0.1, -0.05) is 53.5 Å². The number of halogens is 2. The lowest BCUT2D eigenvalue weighted by Crippen LogP contribution is -2.05.